The van der Waals surface area contributed by atoms with Crippen LogP contribution in [0.1, 0.15) is 81.4 Å². The highest BCUT2D eigenvalue weighted by Gasteiger charge is 2.27. The van der Waals surface area contributed by atoms with E-state index in [9.17, 15) is 9.59 Å². The Morgan fingerprint density at radius 1 is 0.902 bits per heavy atom. The van der Waals surface area contributed by atoms with Gasteiger partial charge in [0.15, 0.2) is 0 Å². The first-order valence-electron chi connectivity index (χ1n) is 15.4. The van der Waals surface area contributed by atoms with E-state index in [1.165, 1.54) is 30.4 Å². The standard InChI is InChI=1S/C36H51N3O2/c1-27(2)33(21-19-29(4)39(5)24-23-30-14-8-6-9-15-30)38-36(41)34(26-31-16-10-7-11-17-31)37-35(40)22-20-32-18-12-13-28(3)25-32/h6,8-9,12-15,18,25,31,33-34H,1,4,7,10-11,16-17,19-24,26H2,2-3,5H3,(H,37,40)(H,38,41)/t33-,34?/m0/s1. The number of likely N-dealkylation sites (N-methyl/N-ethyl adjacent to an activating group) is 1. The van der Waals surface area contributed by atoms with Gasteiger partial charge in [-0.1, -0.05) is 111 Å². The van der Waals surface area contributed by atoms with E-state index in [4.69, 9.17) is 0 Å². The van der Waals surface area contributed by atoms with Crippen molar-refractivity contribution in [2.24, 2.45) is 5.92 Å². The molecule has 41 heavy (non-hydrogen) atoms. The molecule has 5 heteroatoms. The summed E-state index contributed by atoms with van der Waals surface area (Å²) in [5.74, 6) is 0.302. The Bertz CT molecular complexity index is 1140. The molecule has 1 saturated carbocycles. The van der Waals surface area contributed by atoms with Crippen LogP contribution in [0.15, 0.2) is 79.0 Å². The average molecular weight is 558 g/mol. The number of carbonyl (C=O) groups is 2. The lowest BCUT2D eigenvalue weighted by atomic mass is 9.84. The van der Waals surface area contributed by atoms with E-state index < -0.39 is 6.04 Å². The number of amides is 2. The molecule has 0 radical (unpaired) electrons. The fraction of sp³-hybridized carbons (Fsp3) is 0.500. The summed E-state index contributed by atoms with van der Waals surface area (Å²) in [6.45, 7) is 13.4. The van der Waals surface area contributed by atoms with Crippen molar-refractivity contribution in [3.05, 3.63) is 95.7 Å². The minimum absolute atomic E-state index is 0.0669. The number of carbonyl (C=O) groups excluding carboxylic acids is 2. The molecule has 2 amide bonds. The van der Waals surface area contributed by atoms with E-state index >= 15 is 0 Å². The van der Waals surface area contributed by atoms with Gasteiger partial charge in [0, 0.05) is 31.8 Å². The number of nitrogens with one attached hydrogen (secondary N) is 2. The molecule has 2 aromatic rings. The van der Waals surface area contributed by atoms with Gasteiger partial charge in [0.2, 0.25) is 11.8 Å². The van der Waals surface area contributed by atoms with Gasteiger partial charge in [-0.25, -0.2) is 0 Å². The lowest BCUT2D eigenvalue weighted by molar-refractivity contribution is -0.129. The SMILES string of the molecule is C=C(C)[C@H](CCC(=C)N(C)CCc1ccccc1)NC(=O)C(CC1CCCCC1)NC(=O)CCc1cccc(C)c1. The van der Waals surface area contributed by atoms with Crippen LogP contribution < -0.4 is 10.6 Å². The van der Waals surface area contributed by atoms with Gasteiger partial charge in [-0.05, 0) is 63.0 Å². The van der Waals surface area contributed by atoms with Gasteiger partial charge in [-0.2, -0.15) is 0 Å². The third-order valence-corrected chi connectivity index (χ3v) is 8.42. The predicted molar refractivity (Wildman–Crippen MR) is 171 cm³/mol. The van der Waals surface area contributed by atoms with Gasteiger partial charge >= 0.3 is 0 Å². The molecule has 2 atom stereocenters. The first-order chi connectivity index (χ1) is 19.7. The zero-order valence-corrected chi connectivity index (χ0v) is 25.6. The van der Waals surface area contributed by atoms with Crippen molar-refractivity contribution in [1.29, 1.82) is 0 Å². The molecule has 1 unspecified atom stereocenters. The summed E-state index contributed by atoms with van der Waals surface area (Å²) < 4.78 is 0. The third kappa shape index (κ3) is 11.6. The molecular weight excluding hydrogens is 506 g/mol. The van der Waals surface area contributed by atoms with E-state index in [-0.39, 0.29) is 17.9 Å². The lowest BCUT2D eigenvalue weighted by Gasteiger charge is -2.29. The second kappa shape index (κ2) is 16.8. The molecule has 2 aromatic carbocycles. The predicted octanol–water partition coefficient (Wildman–Crippen LogP) is 6.91. The quantitative estimate of drug-likeness (QED) is 0.221. The Hall–Kier alpha value is -3.34. The minimum Gasteiger partial charge on any atom is -0.378 e. The van der Waals surface area contributed by atoms with Crippen molar-refractivity contribution in [2.75, 3.05) is 13.6 Å². The normalized spacial score (nSPS) is 15.0. The summed E-state index contributed by atoms with van der Waals surface area (Å²) >= 11 is 0. The molecule has 1 aliphatic carbocycles. The molecule has 1 fully saturated rings. The maximum atomic E-state index is 13.6. The number of allylic oxidation sites excluding steroid dienone is 1. The van der Waals surface area contributed by atoms with Crippen LogP contribution in [0.25, 0.3) is 0 Å². The maximum absolute atomic E-state index is 13.6. The van der Waals surface area contributed by atoms with Crippen LogP contribution in [0.3, 0.4) is 0 Å². The van der Waals surface area contributed by atoms with E-state index in [2.05, 4.69) is 85.1 Å². The molecule has 0 bridgehead atoms. The van der Waals surface area contributed by atoms with Gasteiger partial charge in [-0.3, -0.25) is 9.59 Å². The fourth-order valence-electron chi connectivity index (χ4n) is 5.70. The van der Waals surface area contributed by atoms with E-state index in [1.807, 2.05) is 19.1 Å². The molecule has 1 aliphatic rings. The highest BCUT2D eigenvalue weighted by molar-refractivity contribution is 5.88. The van der Waals surface area contributed by atoms with Crippen molar-refractivity contribution in [1.82, 2.24) is 15.5 Å². The summed E-state index contributed by atoms with van der Waals surface area (Å²) in [5.41, 5.74) is 5.60. The average Bonchev–Trinajstić information content (AvgIpc) is 2.97. The molecular formula is C36H51N3O2. The second-order valence-electron chi connectivity index (χ2n) is 12.0. The van der Waals surface area contributed by atoms with Crippen LogP contribution in [0, 0.1) is 12.8 Å². The van der Waals surface area contributed by atoms with E-state index in [0.29, 0.717) is 25.2 Å². The number of hydrogen-bond donors (Lipinski definition) is 2. The topological polar surface area (TPSA) is 61.4 Å². The van der Waals surface area contributed by atoms with Crippen molar-refractivity contribution in [3.8, 4) is 0 Å². The van der Waals surface area contributed by atoms with Crippen molar-refractivity contribution < 1.29 is 9.59 Å². The zero-order valence-electron chi connectivity index (χ0n) is 25.6. The molecule has 5 nitrogen and oxygen atoms in total. The smallest absolute Gasteiger partial charge is 0.243 e. The Morgan fingerprint density at radius 2 is 1.61 bits per heavy atom. The maximum Gasteiger partial charge on any atom is 0.243 e. The fourth-order valence-corrected chi connectivity index (χ4v) is 5.70. The summed E-state index contributed by atoms with van der Waals surface area (Å²) in [6.07, 6.45) is 10.1. The first-order valence-corrected chi connectivity index (χ1v) is 15.4. The van der Waals surface area contributed by atoms with Gasteiger partial charge in [0.05, 0.1) is 0 Å². The Kier molecular flexibility index (Phi) is 13.2. The number of hydrogen-bond acceptors (Lipinski definition) is 3. The molecule has 0 aliphatic heterocycles. The second-order valence-corrected chi connectivity index (χ2v) is 12.0. The Labute approximate surface area is 248 Å². The number of aryl methyl sites for hydroxylation is 2. The molecule has 222 valence electrons. The van der Waals surface area contributed by atoms with Gasteiger partial charge in [0.1, 0.15) is 6.04 Å². The monoisotopic (exact) mass is 557 g/mol. The van der Waals surface area contributed by atoms with Crippen molar-refractivity contribution >= 4 is 11.8 Å². The Morgan fingerprint density at radius 3 is 2.29 bits per heavy atom. The first kappa shape index (κ1) is 32.2. The number of nitrogens with zero attached hydrogens (tertiary/aromatic N) is 1. The molecule has 0 saturated heterocycles. The van der Waals surface area contributed by atoms with Gasteiger partial charge in [0.25, 0.3) is 0 Å². The number of rotatable bonds is 16. The van der Waals surface area contributed by atoms with E-state index in [1.54, 1.807) is 0 Å². The summed E-state index contributed by atoms with van der Waals surface area (Å²) in [7, 11) is 2.08. The summed E-state index contributed by atoms with van der Waals surface area (Å²) in [5, 5.41) is 6.33. The molecule has 0 heterocycles. The van der Waals surface area contributed by atoms with Crippen LogP contribution in [-0.2, 0) is 22.4 Å². The summed E-state index contributed by atoms with van der Waals surface area (Å²) in [4.78, 5) is 28.8. The van der Waals surface area contributed by atoms with Gasteiger partial charge < -0.3 is 15.5 Å². The summed E-state index contributed by atoms with van der Waals surface area (Å²) in [6, 6.07) is 18.0. The number of benzene rings is 2. The van der Waals surface area contributed by atoms with E-state index in [0.717, 1.165) is 55.5 Å². The lowest BCUT2D eigenvalue weighted by Crippen LogP contribution is -2.50. The minimum atomic E-state index is -0.526. The van der Waals surface area contributed by atoms with Gasteiger partial charge in [-0.15, -0.1) is 0 Å². The Balaban J connectivity index is 1.55. The highest BCUT2D eigenvalue weighted by atomic mass is 16.2. The molecule has 2 N–H and O–H groups in total. The van der Waals surface area contributed by atoms with Crippen LogP contribution in [0.4, 0.5) is 0 Å². The molecule has 0 aromatic heterocycles. The largest absolute Gasteiger partial charge is 0.378 e. The molecule has 0 spiro atoms. The molecule has 3 rings (SSSR count). The zero-order chi connectivity index (χ0) is 29.6. The van der Waals surface area contributed by atoms with Crippen LogP contribution in [0.5, 0.6) is 0 Å². The van der Waals surface area contributed by atoms with Crippen LogP contribution in [-0.4, -0.2) is 42.4 Å². The van der Waals surface area contributed by atoms with Crippen LogP contribution >= 0.6 is 0 Å². The van der Waals surface area contributed by atoms with Crippen LogP contribution in [0.2, 0.25) is 0 Å². The van der Waals surface area contributed by atoms with Crippen molar-refractivity contribution in [3.63, 3.8) is 0 Å². The van der Waals surface area contributed by atoms with Crippen molar-refractivity contribution in [2.45, 2.75) is 96.6 Å². The third-order valence-electron chi connectivity index (χ3n) is 8.42. The highest BCUT2D eigenvalue weighted by Crippen LogP contribution is 2.27.